The van der Waals surface area contributed by atoms with E-state index in [4.69, 9.17) is 9.47 Å². The van der Waals surface area contributed by atoms with Gasteiger partial charge in [0.2, 0.25) is 0 Å². The molecule has 0 atom stereocenters. The zero-order valence-corrected chi connectivity index (χ0v) is 25.0. The summed E-state index contributed by atoms with van der Waals surface area (Å²) < 4.78 is 12.7. The normalized spacial score (nSPS) is 10.6. The first-order valence-corrected chi connectivity index (χ1v) is 15.0. The lowest BCUT2D eigenvalue weighted by atomic mass is 9.83. The summed E-state index contributed by atoms with van der Waals surface area (Å²) in [5, 5.41) is 5.74. The molecule has 0 bridgehead atoms. The molecule has 6 nitrogen and oxygen atoms in total. The van der Waals surface area contributed by atoms with Crippen LogP contribution in [0, 0.1) is 0 Å². The van der Waals surface area contributed by atoms with Gasteiger partial charge in [0.1, 0.15) is 11.5 Å². The number of carbonyl (C=O) groups is 2. The first-order chi connectivity index (χ1) is 21.6. The molecule has 222 valence electrons. The fourth-order valence-corrected chi connectivity index (χ4v) is 5.14. The smallest absolute Gasteiger partial charge is 0.409 e. The third-order valence-corrected chi connectivity index (χ3v) is 7.09. The third-order valence-electron chi connectivity index (χ3n) is 7.09. The average molecular weight is 585 g/mol. The molecule has 0 spiro atoms. The van der Waals surface area contributed by atoms with E-state index in [1.54, 1.807) is 0 Å². The second-order valence-corrected chi connectivity index (χ2v) is 10.3. The minimum Gasteiger partial charge on any atom is -0.409 e. The van der Waals surface area contributed by atoms with Crippen LogP contribution in [0.2, 0.25) is 0 Å². The Morgan fingerprint density at radius 2 is 0.705 bits per heavy atom. The van der Waals surface area contributed by atoms with Crippen molar-refractivity contribution in [2.75, 3.05) is 13.1 Å². The van der Waals surface area contributed by atoms with Crippen LogP contribution in [0.4, 0.5) is 9.59 Å². The predicted molar refractivity (Wildman–Crippen MR) is 177 cm³/mol. The van der Waals surface area contributed by atoms with Crippen molar-refractivity contribution in [1.82, 2.24) is 10.6 Å². The van der Waals surface area contributed by atoms with Crippen LogP contribution in [0.1, 0.15) is 26.7 Å². The Morgan fingerprint density at radius 3 is 0.932 bits per heavy atom. The van der Waals surface area contributed by atoms with Crippen molar-refractivity contribution in [3.63, 3.8) is 0 Å². The van der Waals surface area contributed by atoms with Crippen LogP contribution in [0.5, 0.6) is 11.5 Å². The molecule has 0 saturated carbocycles. The van der Waals surface area contributed by atoms with Gasteiger partial charge in [-0.3, -0.25) is 0 Å². The Hall–Kier alpha value is -5.36. The molecular weight excluding hydrogens is 548 g/mol. The summed E-state index contributed by atoms with van der Waals surface area (Å²) in [4.78, 5) is 26.8. The van der Waals surface area contributed by atoms with Crippen molar-refractivity contribution in [3.05, 3.63) is 121 Å². The third kappa shape index (κ3) is 6.81. The summed E-state index contributed by atoms with van der Waals surface area (Å²) in [5.41, 5.74) is 5.78. The van der Waals surface area contributed by atoms with E-state index < -0.39 is 12.2 Å². The van der Waals surface area contributed by atoms with E-state index >= 15 is 0 Å². The van der Waals surface area contributed by atoms with Crippen LogP contribution in [0.15, 0.2) is 121 Å². The van der Waals surface area contributed by atoms with Crippen LogP contribution in [0.25, 0.3) is 44.5 Å². The minimum absolute atomic E-state index is 0.370. The van der Waals surface area contributed by atoms with Crippen LogP contribution < -0.4 is 20.1 Å². The highest BCUT2D eigenvalue weighted by Crippen LogP contribution is 2.56. The van der Waals surface area contributed by atoms with Crippen molar-refractivity contribution in [2.24, 2.45) is 0 Å². The molecule has 0 saturated heterocycles. The number of amides is 2. The zero-order valence-electron chi connectivity index (χ0n) is 25.0. The zero-order chi connectivity index (χ0) is 30.7. The number of rotatable bonds is 10. The van der Waals surface area contributed by atoms with Crippen molar-refractivity contribution in [2.45, 2.75) is 26.7 Å². The van der Waals surface area contributed by atoms with Gasteiger partial charge in [-0.15, -0.1) is 0 Å². The molecule has 0 aliphatic rings. The van der Waals surface area contributed by atoms with E-state index in [1.807, 2.05) is 135 Å². The highest BCUT2D eigenvalue weighted by molar-refractivity contribution is 6.07. The maximum atomic E-state index is 13.4. The minimum atomic E-state index is -0.561. The van der Waals surface area contributed by atoms with Crippen LogP contribution >= 0.6 is 0 Å². The molecule has 0 aliphatic heterocycles. The van der Waals surface area contributed by atoms with Gasteiger partial charge < -0.3 is 20.1 Å². The number of ether oxygens (including phenoxy) is 2. The molecular formula is C38H36N2O4. The predicted octanol–water partition coefficient (Wildman–Crippen LogP) is 9.35. The topological polar surface area (TPSA) is 76.7 Å². The van der Waals surface area contributed by atoms with E-state index in [2.05, 4.69) is 10.6 Å². The average Bonchev–Trinajstić information content (AvgIpc) is 3.08. The molecule has 5 aromatic carbocycles. The van der Waals surface area contributed by atoms with Gasteiger partial charge >= 0.3 is 12.2 Å². The Bertz CT molecular complexity index is 1460. The number of nitrogens with one attached hydrogen (secondary N) is 2. The summed E-state index contributed by atoms with van der Waals surface area (Å²) in [6.45, 7) is 4.91. The van der Waals surface area contributed by atoms with Gasteiger partial charge in [-0.05, 0) is 35.1 Å². The summed E-state index contributed by atoms with van der Waals surface area (Å²) in [6, 6.07) is 39.0. The van der Waals surface area contributed by atoms with Crippen molar-refractivity contribution >= 4 is 12.2 Å². The van der Waals surface area contributed by atoms with Gasteiger partial charge in [-0.2, -0.15) is 0 Å². The highest BCUT2D eigenvalue weighted by atomic mass is 16.6. The van der Waals surface area contributed by atoms with Gasteiger partial charge in [-0.1, -0.05) is 135 Å². The summed E-state index contributed by atoms with van der Waals surface area (Å²) in [7, 11) is 0. The molecule has 0 aliphatic carbocycles. The van der Waals surface area contributed by atoms with Crippen molar-refractivity contribution in [3.8, 4) is 56.0 Å². The van der Waals surface area contributed by atoms with Gasteiger partial charge in [0.15, 0.2) is 0 Å². The molecule has 5 aromatic rings. The van der Waals surface area contributed by atoms with Crippen LogP contribution in [-0.4, -0.2) is 25.3 Å². The lowest BCUT2D eigenvalue weighted by Crippen LogP contribution is -2.29. The van der Waals surface area contributed by atoms with E-state index in [9.17, 15) is 9.59 Å². The highest BCUT2D eigenvalue weighted by Gasteiger charge is 2.31. The molecule has 0 unspecified atom stereocenters. The lowest BCUT2D eigenvalue weighted by molar-refractivity contribution is 0.198. The van der Waals surface area contributed by atoms with Crippen molar-refractivity contribution in [1.29, 1.82) is 0 Å². The Morgan fingerprint density at radius 1 is 0.455 bits per heavy atom. The quantitative estimate of drug-likeness (QED) is 0.171. The van der Waals surface area contributed by atoms with E-state index in [-0.39, 0.29) is 0 Å². The number of carbonyl (C=O) groups excluding carboxylic acids is 2. The fraction of sp³-hybridized carbons (Fsp3) is 0.158. The Labute approximate surface area is 258 Å². The monoisotopic (exact) mass is 584 g/mol. The van der Waals surface area contributed by atoms with Crippen molar-refractivity contribution < 1.29 is 19.1 Å². The lowest BCUT2D eigenvalue weighted by Gasteiger charge is -2.26. The summed E-state index contributed by atoms with van der Waals surface area (Å²) in [6.07, 6.45) is 0.398. The maximum Gasteiger partial charge on any atom is 0.412 e. The molecule has 0 radical (unpaired) electrons. The maximum absolute atomic E-state index is 13.4. The number of hydrogen-bond acceptors (Lipinski definition) is 4. The summed E-state index contributed by atoms with van der Waals surface area (Å²) >= 11 is 0. The molecule has 0 aromatic heterocycles. The fourth-order valence-electron chi connectivity index (χ4n) is 5.14. The van der Waals surface area contributed by atoms with E-state index in [0.29, 0.717) is 46.8 Å². The number of hydrogen-bond donors (Lipinski definition) is 2. The van der Waals surface area contributed by atoms with Gasteiger partial charge in [-0.25, -0.2) is 9.59 Å². The largest absolute Gasteiger partial charge is 0.412 e. The Balaban J connectivity index is 1.99. The van der Waals surface area contributed by atoms with Crippen LogP contribution in [0.3, 0.4) is 0 Å². The molecule has 44 heavy (non-hydrogen) atoms. The molecule has 5 rings (SSSR count). The standard InChI is InChI=1S/C38H36N2O4/c1-3-25-39-37(41)43-35-31(27-17-9-5-10-18-27)33(29-21-13-7-14-22-29)36(44-38(42)40-26-4-2)34(30-23-15-8-16-24-30)32(35)28-19-11-6-12-20-28/h5-24H,3-4,25-26H2,1-2H3,(H,39,41)(H,40,42). The molecule has 6 heteroatoms. The van der Waals surface area contributed by atoms with Crippen LogP contribution in [-0.2, 0) is 0 Å². The molecule has 0 heterocycles. The Kier molecular flexibility index (Phi) is 10.1. The number of benzene rings is 5. The van der Waals surface area contributed by atoms with Gasteiger partial charge in [0, 0.05) is 35.3 Å². The molecule has 0 fully saturated rings. The summed E-state index contributed by atoms with van der Waals surface area (Å²) in [5.74, 6) is 0.741. The first-order valence-electron chi connectivity index (χ1n) is 15.0. The second-order valence-electron chi connectivity index (χ2n) is 10.3. The SMILES string of the molecule is CCCNC(=O)Oc1c(-c2ccccc2)c(-c2ccccc2)c(OC(=O)NCCC)c(-c2ccccc2)c1-c1ccccc1. The first kappa shape index (κ1) is 30.1. The van der Waals surface area contributed by atoms with Gasteiger partial charge in [0.05, 0.1) is 0 Å². The van der Waals surface area contributed by atoms with E-state index in [0.717, 1.165) is 35.1 Å². The van der Waals surface area contributed by atoms with Gasteiger partial charge in [0.25, 0.3) is 0 Å². The molecule has 2 N–H and O–H groups in total. The molecule has 2 amide bonds. The van der Waals surface area contributed by atoms with E-state index in [1.165, 1.54) is 0 Å². The second kappa shape index (κ2) is 14.7.